The first kappa shape index (κ1) is 12.1. The fourth-order valence-electron chi connectivity index (χ4n) is 1.41. The van der Waals surface area contributed by atoms with Gasteiger partial charge in [0.05, 0.1) is 0 Å². The number of aryl methyl sites for hydroxylation is 1. The molecule has 0 radical (unpaired) electrons. The Balaban J connectivity index is 2.32. The fourth-order valence-corrected chi connectivity index (χ4v) is 1.53. The van der Waals surface area contributed by atoms with Crippen LogP contribution in [0.1, 0.15) is 25.3 Å². The van der Waals surface area contributed by atoms with Crippen LogP contribution in [0, 0.1) is 5.92 Å². The van der Waals surface area contributed by atoms with Crippen molar-refractivity contribution in [1.82, 2.24) is 0 Å². The number of primary amides is 1. The van der Waals surface area contributed by atoms with Gasteiger partial charge in [-0.15, -0.1) is 0 Å². The zero-order chi connectivity index (χ0) is 11.3. The highest BCUT2D eigenvalue weighted by Gasteiger charge is 2.07. The minimum absolute atomic E-state index is 0.0303. The summed E-state index contributed by atoms with van der Waals surface area (Å²) in [6.45, 7) is 1.87. The van der Waals surface area contributed by atoms with Crippen molar-refractivity contribution in [2.24, 2.45) is 11.7 Å². The van der Waals surface area contributed by atoms with E-state index < -0.39 is 0 Å². The third-order valence-corrected chi connectivity index (χ3v) is 2.75. The predicted molar refractivity (Wildman–Crippen MR) is 62.7 cm³/mol. The van der Waals surface area contributed by atoms with Crippen LogP contribution in [0.15, 0.2) is 24.3 Å². The van der Waals surface area contributed by atoms with Gasteiger partial charge in [0.1, 0.15) is 0 Å². The molecule has 0 saturated heterocycles. The Bertz CT molecular complexity index is 321. The average Bonchev–Trinajstić information content (AvgIpc) is 2.20. The molecule has 0 bridgehead atoms. The van der Waals surface area contributed by atoms with Gasteiger partial charge in [-0.05, 0) is 37.0 Å². The van der Waals surface area contributed by atoms with Crippen molar-refractivity contribution in [1.29, 1.82) is 0 Å². The molecule has 82 valence electrons. The van der Waals surface area contributed by atoms with E-state index in [1.807, 2.05) is 31.2 Å². The maximum Gasteiger partial charge on any atom is 0.220 e. The summed E-state index contributed by atoms with van der Waals surface area (Å²) in [5.41, 5.74) is 6.43. The summed E-state index contributed by atoms with van der Waals surface area (Å²) >= 11 is 5.78. The molecule has 3 heteroatoms. The second kappa shape index (κ2) is 5.76. The summed E-state index contributed by atoms with van der Waals surface area (Å²) in [6, 6.07) is 7.79. The van der Waals surface area contributed by atoms with Gasteiger partial charge in [0.25, 0.3) is 0 Å². The van der Waals surface area contributed by atoms with Gasteiger partial charge in [0.15, 0.2) is 0 Å². The van der Waals surface area contributed by atoms with E-state index >= 15 is 0 Å². The molecule has 0 aliphatic rings. The summed E-state index contributed by atoms with van der Waals surface area (Å²) in [5.74, 6) is -0.247. The third-order valence-electron chi connectivity index (χ3n) is 2.50. The molecule has 1 atom stereocenters. The molecule has 2 nitrogen and oxygen atoms in total. The highest BCUT2D eigenvalue weighted by Crippen LogP contribution is 2.13. The van der Waals surface area contributed by atoms with E-state index in [1.54, 1.807) is 0 Å². The summed E-state index contributed by atoms with van der Waals surface area (Å²) in [5, 5.41) is 0.754. The van der Waals surface area contributed by atoms with Crippen molar-refractivity contribution in [2.45, 2.75) is 26.2 Å². The first-order chi connectivity index (χ1) is 7.09. The van der Waals surface area contributed by atoms with Gasteiger partial charge in [0, 0.05) is 10.9 Å². The zero-order valence-electron chi connectivity index (χ0n) is 8.87. The van der Waals surface area contributed by atoms with Crippen LogP contribution in [0.3, 0.4) is 0 Å². The zero-order valence-corrected chi connectivity index (χ0v) is 9.63. The number of hydrogen-bond donors (Lipinski definition) is 1. The molecule has 1 unspecified atom stereocenters. The maximum atomic E-state index is 10.8. The Morgan fingerprint density at radius 3 is 2.53 bits per heavy atom. The monoisotopic (exact) mass is 225 g/mol. The second-order valence-electron chi connectivity index (χ2n) is 3.82. The van der Waals surface area contributed by atoms with Crippen LogP contribution in [0.2, 0.25) is 5.02 Å². The van der Waals surface area contributed by atoms with E-state index in [4.69, 9.17) is 17.3 Å². The second-order valence-corrected chi connectivity index (χ2v) is 4.26. The van der Waals surface area contributed by atoms with Crippen LogP contribution in [0.5, 0.6) is 0 Å². The summed E-state index contributed by atoms with van der Waals surface area (Å²) in [6.07, 6.45) is 2.79. The molecular weight excluding hydrogens is 210 g/mol. The smallest absolute Gasteiger partial charge is 0.220 e. The highest BCUT2D eigenvalue weighted by atomic mass is 35.5. The summed E-state index contributed by atoms with van der Waals surface area (Å²) < 4.78 is 0. The Morgan fingerprint density at radius 2 is 2.00 bits per heavy atom. The van der Waals surface area contributed by atoms with Crippen molar-refractivity contribution in [2.75, 3.05) is 0 Å². The largest absolute Gasteiger partial charge is 0.369 e. The molecule has 0 saturated carbocycles. The van der Waals surface area contributed by atoms with E-state index in [0.29, 0.717) is 0 Å². The number of halogens is 1. The molecule has 0 aliphatic heterocycles. The van der Waals surface area contributed by atoms with Crippen molar-refractivity contribution >= 4 is 17.5 Å². The number of hydrogen-bond acceptors (Lipinski definition) is 1. The van der Waals surface area contributed by atoms with E-state index in [-0.39, 0.29) is 11.8 Å². The molecule has 0 aliphatic carbocycles. The SMILES string of the molecule is CC(CCCc1ccc(Cl)cc1)C(N)=O. The lowest BCUT2D eigenvalue weighted by Crippen LogP contribution is -2.20. The number of rotatable bonds is 5. The van der Waals surface area contributed by atoms with Crippen LogP contribution < -0.4 is 5.73 Å². The van der Waals surface area contributed by atoms with Crippen LogP contribution in [0.4, 0.5) is 0 Å². The Labute approximate surface area is 95.4 Å². The Hall–Kier alpha value is -1.02. The standard InChI is InChI=1S/C12H16ClNO/c1-9(12(14)15)3-2-4-10-5-7-11(13)8-6-10/h5-9H,2-4H2,1H3,(H2,14,15). The van der Waals surface area contributed by atoms with Crippen LogP contribution in [-0.2, 0) is 11.2 Å². The van der Waals surface area contributed by atoms with E-state index in [9.17, 15) is 4.79 Å². The number of carbonyl (C=O) groups is 1. The predicted octanol–water partition coefficient (Wildman–Crippen LogP) is 2.78. The number of benzene rings is 1. The summed E-state index contributed by atoms with van der Waals surface area (Å²) in [4.78, 5) is 10.8. The first-order valence-corrected chi connectivity index (χ1v) is 5.51. The van der Waals surface area contributed by atoms with Gasteiger partial charge in [-0.25, -0.2) is 0 Å². The van der Waals surface area contributed by atoms with Crippen LogP contribution >= 0.6 is 11.6 Å². The summed E-state index contributed by atoms with van der Waals surface area (Å²) in [7, 11) is 0. The van der Waals surface area contributed by atoms with E-state index in [2.05, 4.69) is 0 Å². The van der Waals surface area contributed by atoms with Gasteiger partial charge < -0.3 is 5.73 Å². The van der Waals surface area contributed by atoms with E-state index in [0.717, 1.165) is 24.3 Å². The van der Waals surface area contributed by atoms with Gasteiger partial charge in [-0.2, -0.15) is 0 Å². The Morgan fingerprint density at radius 1 is 1.40 bits per heavy atom. The molecule has 1 amide bonds. The average molecular weight is 226 g/mol. The molecule has 2 N–H and O–H groups in total. The fraction of sp³-hybridized carbons (Fsp3) is 0.417. The molecule has 0 spiro atoms. The lowest BCUT2D eigenvalue weighted by Gasteiger charge is -2.06. The molecule has 15 heavy (non-hydrogen) atoms. The topological polar surface area (TPSA) is 43.1 Å². The van der Waals surface area contributed by atoms with Gasteiger partial charge in [0.2, 0.25) is 5.91 Å². The lowest BCUT2D eigenvalue weighted by molar-refractivity contribution is -0.121. The molecule has 1 aromatic carbocycles. The lowest BCUT2D eigenvalue weighted by atomic mass is 10.0. The van der Waals surface area contributed by atoms with Crippen LogP contribution in [0.25, 0.3) is 0 Å². The third kappa shape index (κ3) is 4.34. The molecular formula is C12H16ClNO. The quantitative estimate of drug-likeness (QED) is 0.823. The van der Waals surface area contributed by atoms with Gasteiger partial charge in [-0.3, -0.25) is 4.79 Å². The van der Waals surface area contributed by atoms with Gasteiger partial charge in [-0.1, -0.05) is 30.7 Å². The molecule has 0 aromatic heterocycles. The number of amides is 1. The van der Waals surface area contributed by atoms with Crippen molar-refractivity contribution in [3.63, 3.8) is 0 Å². The molecule has 0 heterocycles. The Kier molecular flexibility index (Phi) is 4.63. The van der Waals surface area contributed by atoms with Crippen molar-refractivity contribution in [3.8, 4) is 0 Å². The number of nitrogens with two attached hydrogens (primary N) is 1. The van der Waals surface area contributed by atoms with Crippen LogP contribution in [-0.4, -0.2) is 5.91 Å². The van der Waals surface area contributed by atoms with Crippen molar-refractivity contribution in [3.05, 3.63) is 34.9 Å². The molecule has 1 aromatic rings. The van der Waals surface area contributed by atoms with Gasteiger partial charge >= 0.3 is 0 Å². The normalized spacial score (nSPS) is 12.4. The molecule has 0 fully saturated rings. The van der Waals surface area contributed by atoms with E-state index in [1.165, 1.54) is 5.56 Å². The minimum Gasteiger partial charge on any atom is -0.369 e. The highest BCUT2D eigenvalue weighted by molar-refractivity contribution is 6.30. The molecule has 1 rings (SSSR count). The van der Waals surface area contributed by atoms with Crippen molar-refractivity contribution < 1.29 is 4.79 Å². The first-order valence-electron chi connectivity index (χ1n) is 5.13. The maximum absolute atomic E-state index is 10.8. The minimum atomic E-state index is -0.217. The number of carbonyl (C=O) groups excluding carboxylic acids is 1.